The third-order valence-corrected chi connectivity index (χ3v) is 1.87. The Bertz CT molecular complexity index is 140. The summed E-state index contributed by atoms with van der Waals surface area (Å²) >= 11 is 0. The number of hydrogen-bond acceptors (Lipinski definition) is 0. The van der Waals surface area contributed by atoms with Gasteiger partial charge in [-0.3, -0.25) is 0 Å². The van der Waals surface area contributed by atoms with E-state index in [1.165, 1.54) is 18.4 Å². The highest BCUT2D eigenvalue weighted by Gasteiger charge is 2.04. The quantitative estimate of drug-likeness (QED) is 0.501. The lowest BCUT2D eigenvalue weighted by molar-refractivity contribution is 0.614. The number of allylic oxidation sites excluding steroid dienone is 4. The van der Waals surface area contributed by atoms with Gasteiger partial charge in [-0.1, -0.05) is 30.7 Å². The second-order valence-electron chi connectivity index (χ2n) is 2.77. The highest BCUT2D eigenvalue weighted by atomic mass is 14.1. The highest BCUT2D eigenvalue weighted by molar-refractivity contribution is 5.17. The maximum absolute atomic E-state index is 2.30. The van der Waals surface area contributed by atoms with Crippen LogP contribution < -0.4 is 0 Å². The first-order chi connectivity index (χ1) is 4.33. The summed E-state index contributed by atoms with van der Waals surface area (Å²) in [6, 6.07) is 0. The zero-order chi connectivity index (χ0) is 6.69. The normalized spacial score (nSPS) is 26.0. The van der Waals surface area contributed by atoms with Crippen LogP contribution in [0.2, 0.25) is 0 Å². The summed E-state index contributed by atoms with van der Waals surface area (Å²) < 4.78 is 0. The standard InChI is InChI=1S/C9H14/c1-3-9-6-4-5-8(2)7-9/h4-6,9H,3,7H2,1-2H3. The largest absolute Gasteiger partial charge is 0.0811 e. The average molecular weight is 122 g/mol. The molecule has 0 heterocycles. The second kappa shape index (κ2) is 2.86. The van der Waals surface area contributed by atoms with Crippen molar-refractivity contribution in [3.05, 3.63) is 23.8 Å². The van der Waals surface area contributed by atoms with Gasteiger partial charge in [0.05, 0.1) is 0 Å². The van der Waals surface area contributed by atoms with Crippen LogP contribution in [0.1, 0.15) is 26.7 Å². The minimum absolute atomic E-state index is 0.815. The molecule has 9 heavy (non-hydrogen) atoms. The Morgan fingerprint density at radius 3 is 2.89 bits per heavy atom. The second-order valence-corrected chi connectivity index (χ2v) is 2.77. The lowest BCUT2D eigenvalue weighted by Crippen LogP contribution is -1.97. The van der Waals surface area contributed by atoms with Gasteiger partial charge in [0.25, 0.3) is 0 Å². The molecule has 0 aromatic carbocycles. The molecule has 0 spiro atoms. The molecule has 1 atom stereocenters. The molecule has 0 saturated carbocycles. The third-order valence-electron chi connectivity index (χ3n) is 1.87. The van der Waals surface area contributed by atoms with E-state index >= 15 is 0 Å². The molecule has 0 bridgehead atoms. The molecule has 0 heteroatoms. The van der Waals surface area contributed by atoms with Crippen LogP contribution >= 0.6 is 0 Å². The van der Waals surface area contributed by atoms with Gasteiger partial charge in [0, 0.05) is 0 Å². The van der Waals surface area contributed by atoms with Crippen LogP contribution in [-0.2, 0) is 0 Å². The summed E-state index contributed by atoms with van der Waals surface area (Å²) in [5.74, 6) is 0.815. The molecule has 0 saturated heterocycles. The molecule has 1 rings (SSSR count). The van der Waals surface area contributed by atoms with Crippen molar-refractivity contribution in [2.75, 3.05) is 0 Å². The fourth-order valence-electron chi connectivity index (χ4n) is 1.21. The first kappa shape index (κ1) is 6.60. The number of hydrogen-bond donors (Lipinski definition) is 0. The highest BCUT2D eigenvalue weighted by Crippen LogP contribution is 2.19. The van der Waals surface area contributed by atoms with Crippen LogP contribution in [0, 0.1) is 5.92 Å². The molecule has 0 radical (unpaired) electrons. The smallest absolute Gasteiger partial charge is 0.0196 e. The molecule has 0 N–H and O–H groups in total. The van der Waals surface area contributed by atoms with Gasteiger partial charge in [-0.15, -0.1) is 0 Å². The van der Waals surface area contributed by atoms with Gasteiger partial charge in [-0.2, -0.15) is 0 Å². The SMILES string of the molecule is CCC1C=CC=C(C)C1. The Labute approximate surface area is 57.3 Å². The fourth-order valence-corrected chi connectivity index (χ4v) is 1.21. The summed E-state index contributed by atoms with van der Waals surface area (Å²) in [5, 5.41) is 0. The predicted octanol–water partition coefficient (Wildman–Crippen LogP) is 2.92. The molecule has 1 aliphatic carbocycles. The lowest BCUT2D eigenvalue weighted by Gasteiger charge is -2.12. The van der Waals surface area contributed by atoms with Crippen LogP contribution in [0.3, 0.4) is 0 Å². The minimum Gasteiger partial charge on any atom is -0.0811 e. The van der Waals surface area contributed by atoms with E-state index in [2.05, 4.69) is 32.1 Å². The topological polar surface area (TPSA) is 0 Å². The van der Waals surface area contributed by atoms with Gasteiger partial charge in [0.2, 0.25) is 0 Å². The average Bonchev–Trinajstić information content (AvgIpc) is 1.88. The van der Waals surface area contributed by atoms with Crippen molar-refractivity contribution in [1.82, 2.24) is 0 Å². The van der Waals surface area contributed by atoms with Crippen LogP contribution in [0.4, 0.5) is 0 Å². The van der Waals surface area contributed by atoms with Gasteiger partial charge >= 0.3 is 0 Å². The van der Waals surface area contributed by atoms with Crippen molar-refractivity contribution in [3.63, 3.8) is 0 Å². The molecule has 0 aliphatic heterocycles. The molecular weight excluding hydrogens is 108 g/mol. The monoisotopic (exact) mass is 122 g/mol. The van der Waals surface area contributed by atoms with Crippen LogP contribution in [-0.4, -0.2) is 0 Å². The summed E-state index contributed by atoms with van der Waals surface area (Å²) in [4.78, 5) is 0. The molecule has 0 aromatic rings. The molecule has 50 valence electrons. The molecule has 0 aromatic heterocycles. The van der Waals surface area contributed by atoms with E-state index < -0.39 is 0 Å². The zero-order valence-electron chi connectivity index (χ0n) is 6.22. The van der Waals surface area contributed by atoms with Crippen molar-refractivity contribution >= 4 is 0 Å². The molecular formula is C9H14. The molecule has 0 nitrogen and oxygen atoms in total. The van der Waals surface area contributed by atoms with E-state index in [4.69, 9.17) is 0 Å². The Balaban J connectivity index is 2.51. The van der Waals surface area contributed by atoms with Crippen molar-refractivity contribution < 1.29 is 0 Å². The van der Waals surface area contributed by atoms with E-state index in [-0.39, 0.29) is 0 Å². The molecule has 1 aliphatic rings. The van der Waals surface area contributed by atoms with Crippen LogP contribution in [0.25, 0.3) is 0 Å². The van der Waals surface area contributed by atoms with Gasteiger partial charge in [-0.05, 0) is 25.7 Å². The predicted molar refractivity (Wildman–Crippen MR) is 41.3 cm³/mol. The maximum atomic E-state index is 2.30. The maximum Gasteiger partial charge on any atom is -0.0196 e. The first-order valence-electron chi connectivity index (χ1n) is 3.67. The summed E-state index contributed by atoms with van der Waals surface area (Å²) in [7, 11) is 0. The van der Waals surface area contributed by atoms with Crippen LogP contribution in [0.5, 0.6) is 0 Å². The molecule has 0 fully saturated rings. The van der Waals surface area contributed by atoms with Crippen molar-refractivity contribution in [2.45, 2.75) is 26.7 Å². The van der Waals surface area contributed by atoms with Gasteiger partial charge in [0.1, 0.15) is 0 Å². The van der Waals surface area contributed by atoms with E-state index in [0.29, 0.717) is 0 Å². The molecule has 1 unspecified atom stereocenters. The number of rotatable bonds is 1. The summed E-state index contributed by atoms with van der Waals surface area (Å²) in [6.07, 6.45) is 9.22. The van der Waals surface area contributed by atoms with E-state index in [0.717, 1.165) is 5.92 Å². The Morgan fingerprint density at radius 2 is 2.44 bits per heavy atom. The van der Waals surface area contributed by atoms with Gasteiger partial charge < -0.3 is 0 Å². The van der Waals surface area contributed by atoms with E-state index in [9.17, 15) is 0 Å². The molecule has 0 amide bonds. The van der Waals surface area contributed by atoms with Gasteiger partial charge in [-0.25, -0.2) is 0 Å². The van der Waals surface area contributed by atoms with E-state index in [1.807, 2.05) is 0 Å². The van der Waals surface area contributed by atoms with Crippen molar-refractivity contribution in [3.8, 4) is 0 Å². The Kier molecular flexibility index (Phi) is 2.10. The Morgan fingerprint density at radius 1 is 1.67 bits per heavy atom. The fraction of sp³-hybridized carbons (Fsp3) is 0.556. The van der Waals surface area contributed by atoms with Crippen molar-refractivity contribution in [1.29, 1.82) is 0 Å². The first-order valence-corrected chi connectivity index (χ1v) is 3.67. The third kappa shape index (κ3) is 1.70. The van der Waals surface area contributed by atoms with Crippen molar-refractivity contribution in [2.24, 2.45) is 5.92 Å². The summed E-state index contributed by atoms with van der Waals surface area (Å²) in [5.41, 5.74) is 1.52. The summed E-state index contributed by atoms with van der Waals surface area (Å²) in [6.45, 7) is 4.44. The Hall–Kier alpha value is -0.520. The van der Waals surface area contributed by atoms with E-state index in [1.54, 1.807) is 0 Å². The zero-order valence-corrected chi connectivity index (χ0v) is 6.22. The lowest BCUT2D eigenvalue weighted by atomic mass is 9.93. The van der Waals surface area contributed by atoms with Gasteiger partial charge in [0.15, 0.2) is 0 Å². The van der Waals surface area contributed by atoms with Crippen LogP contribution in [0.15, 0.2) is 23.8 Å². The minimum atomic E-state index is 0.815.